The highest BCUT2D eigenvalue weighted by Crippen LogP contribution is 2.33. The van der Waals surface area contributed by atoms with Crippen LogP contribution in [0, 0.1) is 18.3 Å². The number of fused-ring (bicyclic) bond motifs is 1. The average Bonchev–Trinajstić information content (AvgIpc) is 2.60. The van der Waals surface area contributed by atoms with Crippen molar-refractivity contribution in [1.29, 1.82) is 5.26 Å². The van der Waals surface area contributed by atoms with Crippen molar-refractivity contribution in [3.63, 3.8) is 0 Å². The van der Waals surface area contributed by atoms with Gasteiger partial charge in [-0.2, -0.15) is 5.26 Å². The number of ether oxygens (including phenoxy) is 1. The number of aromatic nitrogens is 1. The zero-order valence-electron chi connectivity index (χ0n) is 14.6. The molecular formula is C19H20ClN3O2. The lowest BCUT2D eigenvalue weighted by Crippen LogP contribution is -2.37. The first kappa shape index (κ1) is 17.7. The molecule has 1 fully saturated rings. The Kier molecular flexibility index (Phi) is 4.94. The molecule has 1 aliphatic rings. The van der Waals surface area contributed by atoms with E-state index in [0.29, 0.717) is 27.1 Å². The van der Waals surface area contributed by atoms with Crippen LogP contribution in [-0.4, -0.2) is 37.1 Å². The van der Waals surface area contributed by atoms with E-state index in [1.165, 1.54) is 6.92 Å². The van der Waals surface area contributed by atoms with Crippen LogP contribution in [0.1, 0.15) is 41.3 Å². The van der Waals surface area contributed by atoms with E-state index in [4.69, 9.17) is 21.3 Å². The molecule has 0 N–H and O–H groups in total. The van der Waals surface area contributed by atoms with Crippen LogP contribution in [0.5, 0.6) is 0 Å². The second-order valence-corrected chi connectivity index (χ2v) is 6.81. The maximum absolute atomic E-state index is 12.1. The lowest BCUT2D eigenvalue weighted by molar-refractivity contribution is 0.0818. The molecule has 1 aromatic carbocycles. The Morgan fingerprint density at radius 3 is 2.64 bits per heavy atom. The summed E-state index contributed by atoms with van der Waals surface area (Å²) in [7, 11) is 1.73. The first-order valence-corrected chi connectivity index (χ1v) is 8.66. The fraction of sp³-hybridized carbons (Fsp3) is 0.421. The summed E-state index contributed by atoms with van der Waals surface area (Å²) < 4.78 is 5.43. The van der Waals surface area contributed by atoms with Gasteiger partial charge in [0.25, 0.3) is 0 Å². The quantitative estimate of drug-likeness (QED) is 0.780. The number of methoxy groups -OCH3 is 1. The van der Waals surface area contributed by atoms with Gasteiger partial charge in [0.05, 0.1) is 17.2 Å². The Labute approximate surface area is 152 Å². The molecule has 5 nitrogen and oxygen atoms in total. The molecule has 0 aliphatic carbocycles. The summed E-state index contributed by atoms with van der Waals surface area (Å²) in [5.74, 6) is 0.653. The topological polar surface area (TPSA) is 66.2 Å². The normalized spacial score (nSPS) is 15.4. The summed E-state index contributed by atoms with van der Waals surface area (Å²) in [6.45, 7) is 5.01. The minimum absolute atomic E-state index is 0.114. The molecule has 25 heavy (non-hydrogen) atoms. The Hall–Kier alpha value is -2.16. The van der Waals surface area contributed by atoms with Crippen molar-refractivity contribution in [3.05, 3.63) is 33.8 Å². The highest BCUT2D eigenvalue weighted by atomic mass is 35.5. The van der Waals surface area contributed by atoms with Crippen LogP contribution in [0.2, 0.25) is 5.02 Å². The van der Waals surface area contributed by atoms with Crippen LogP contribution in [0.3, 0.4) is 0 Å². The number of anilines is 1. The summed E-state index contributed by atoms with van der Waals surface area (Å²) in [6.07, 6.45) is 2.09. The fourth-order valence-corrected chi connectivity index (χ4v) is 3.66. The number of hydrogen-bond acceptors (Lipinski definition) is 5. The van der Waals surface area contributed by atoms with E-state index >= 15 is 0 Å². The van der Waals surface area contributed by atoms with Gasteiger partial charge in [-0.15, -0.1) is 0 Å². The highest BCUT2D eigenvalue weighted by Gasteiger charge is 2.24. The number of pyridine rings is 1. The summed E-state index contributed by atoms with van der Waals surface area (Å²) in [5, 5.41) is 10.8. The number of nitrogens with zero attached hydrogens (tertiary/aromatic N) is 3. The second kappa shape index (κ2) is 6.99. The maximum atomic E-state index is 12.1. The summed E-state index contributed by atoms with van der Waals surface area (Å²) in [4.78, 5) is 19.0. The number of piperidine rings is 1. The predicted octanol–water partition coefficient (Wildman–Crippen LogP) is 3.89. The SMILES string of the molecule is COC1CCN(c2nc3c(C(C)=O)cc(Cl)cc3c(C#N)c2C)CC1. The number of halogens is 1. The minimum atomic E-state index is -0.114. The maximum Gasteiger partial charge on any atom is 0.162 e. The Morgan fingerprint density at radius 1 is 1.40 bits per heavy atom. The van der Waals surface area contributed by atoms with Crippen molar-refractivity contribution in [1.82, 2.24) is 4.98 Å². The van der Waals surface area contributed by atoms with Gasteiger partial charge in [0, 0.05) is 41.7 Å². The van der Waals surface area contributed by atoms with E-state index in [9.17, 15) is 10.1 Å². The van der Waals surface area contributed by atoms with Gasteiger partial charge in [-0.1, -0.05) is 11.6 Å². The highest BCUT2D eigenvalue weighted by molar-refractivity contribution is 6.32. The summed E-state index contributed by atoms with van der Waals surface area (Å²) in [5.41, 5.74) is 2.34. The van der Waals surface area contributed by atoms with Crippen molar-refractivity contribution in [2.75, 3.05) is 25.1 Å². The Balaban J connectivity index is 2.19. The Bertz CT molecular complexity index is 881. The number of Topliss-reactive ketones (excluding diaryl/α,β-unsaturated/α-hetero) is 1. The molecule has 0 saturated carbocycles. The van der Waals surface area contributed by atoms with Gasteiger partial charge in [0.1, 0.15) is 11.9 Å². The summed E-state index contributed by atoms with van der Waals surface area (Å²) in [6, 6.07) is 5.60. The van der Waals surface area contributed by atoms with Crippen molar-refractivity contribution < 1.29 is 9.53 Å². The van der Waals surface area contributed by atoms with E-state index < -0.39 is 0 Å². The zero-order chi connectivity index (χ0) is 18.1. The monoisotopic (exact) mass is 357 g/mol. The van der Waals surface area contributed by atoms with Gasteiger partial charge < -0.3 is 9.64 Å². The van der Waals surface area contributed by atoms with Crippen molar-refractivity contribution in [3.8, 4) is 6.07 Å². The molecule has 2 heterocycles. The van der Waals surface area contributed by atoms with Gasteiger partial charge in [-0.05, 0) is 38.8 Å². The van der Waals surface area contributed by atoms with Crippen molar-refractivity contribution in [2.45, 2.75) is 32.8 Å². The third-order valence-corrected chi connectivity index (χ3v) is 5.06. The van der Waals surface area contributed by atoms with E-state index in [1.54, 1.807) is 19.2 Å². The molecular weight excluding hydrogens is 338 g/mol. The largest absolute Gasteiger partial charge is 0.381 e. The third kappa shape index (κ3) is 3.20. The smallest absolute Gasteiger partial charge is 0.162 e. The van der Waals surface area contributed by atoms with Gasteiger partial charge in [-0.25, -0.2) is 4.98 Å². The molecule has 0 spiro atoms. The van der Waals surface area contributed by atoms with E-state index in [0.717, 1.165) is 37.3 Å². The average molecular weight is 358 g/mol. The number of rotatable bonds is 3. The van der Waals surface area contributed by atoms with Crippen molar-refractivity contribution >= 4 is 34.1 Å². The number of carbonyl (C=O) groups is 1. The van der Waals surface area contributed by atoms with Crippen LogP contribution in [0.15, 0.2) is 12.1 Å². The molecule has 1 aliphatic heterocycles. The van der Waals surface area contributed by atoms with Crippen LogP contribution >= 0.6 is 11.6 Å². The molecule has 130 valence electrons. The van der Waals surface area contributed by atoms with Crippen molar-refractivity contribution in [2.24, 2.45) is 0 Å². The van der Waals surface area contributed by atoms with Gasteiger partial charge in [-0.3, -0.25) is 4.79 Å². The van der Waals surface area contributed by atoms with Crippen LogP contribution in [-0.2, 0) is 4.74 Å². The molecule has 2 aromatic rings. The first-order chi connectivity index (χ1) is 12.0. The fourth-order valence-electron chi connectivity index (χ4n) is 3.44. The zero-order valence-corrected chi connectivity index (χ0v) is 15.4. The van der Waals surface area contributed by atoms with Gasteiger partial charge in [0.15, 0.2) is 5.78 Å². The molecule has 0 radical (unpaired) electrons. The van der Waals surface area contributed by atoms with E-state index in [2.05, 4.69) is 11.0 Å². The molecule has 0 atom stereocenters. The molecule has 0 bridgehead atoms. The van der Waals surface area contributed by atoms with Gasteiger partial charge in [0.2, 0.25) is 0 Å². The molecule has 3 rings (SSSR count). The summed E-state index contributed by atoms with van der Waals surface area (Å²) >= 11 is 6.16. The molecule has 1 aromatic heterocycles. The third-order valence-electron chi connectivity index (χ3n) is 4.84. The Morgan fingerprint density at radius 2 is 2.08 bits per heavy atom. The molecule has 1 saturated heterocycles. The lowest BCUT2D eigenvalue weighted by Gasteiger charge is -2.33. The molecule has 0 unspecified atom stereocenters. The molecule has 0 amide bonds. The standard InChI is InChI=1S/C19H20ClN3O2/c1-11-17(10-21)16-9-13(20)8-15(12(2)24)18(16)22-19(11)23-6-4-14(25-3)5-7-23/h8-9,14H,4-7H2,1-3H3. The van der Waals surface area contributed by atoms with Crippen LogP contribution < -0.4 is 4.90 Å². The number of nitriles is 1. The number of benzene rings is 1. The molecule has 6 heteroatoms. The van der Waals surface area contributed by atoms with Crippen LogP contribution in [0.4, 0.5) is 5.82 Å². The van der Waals surface area contributed by atoms with Gasteiger partial charge >= 0.3 is 0 Å². The number of ketones is 1. The van der Waals surface area contributed by atoms with E-state index in [1.807, 2.05) is 6.92 Å². The van der Waals surface area contributed by atoms with E-state index in [-0.39, 0.29) is 11.9 Å². The van der Waals surface area contributed by atoms with Crippen LogP contribution in [0.25, 0.3) is 10.9 Å². The number of hydrogen-bond donors (Lipinski definition) is 0. The second-order valence-electron chi connectivity index (χ2n) is 6.38. The first-order valence-electron chi connectivity index (χ1n) is 8.29. The lowest BCUT2D eigenvalue weighted by atomic mass is 9.99. The predicted molar refractivity (Wildman–Crippen MR) is 98.5 cm³/mol. The number of carbonyl (C=O) groups excluding carboxylic acids is 1. The minimum Gasteiger partial charge on any atom is -0.381 e.